The minimum absolute atomic E-state index is 0.145. The van der Waals surface area contributed by atoms with Crippen LogP contribution in [0.3, 0.4) is 0 Å². The topological polar surface area (TPSA) is 3.24 Å². The van der Waals surface area contributed by atoms with Gasteiger partial charge in [0, 0.05) is 37.1 Å². The second-order valence-electron chi connectivity index (χ2n) is 15.9. The summed E-state index contributed by atoms with van der Waals surface area (Å²) in [5, 5.41) is 3.23. The van der Waals surface area contributed by atoms with Crippen molar-refractivity contribution in [1.82, 2.24) is 0 Å². The molecule has 10 aromatic rings. The maximum absolute atomic E-state index is 7.42. The van der Waals surface area contributed by atoms with Crippen LogP contribution in [0, 0.1) is 0 Å². The molecule has 0 N–H and O–H groups in total. The van der Waals surface area contributed by atoms with Gasteiger partial charge in [-0.25, -0.2) is 0 Å². The highest BCUT2D eigenvalue weighted by atomic mass is 32.1. The lowest BCUT2D eigenvalue weighted by Gasteiger charge is -2.39. The van der Waals surface area contributed by atoms with Crippen LogP contribution in [0.2, 0.25) is 0 Å². The number of hydrogen-bond donors (Lipinski definition) is 0. The highest BCUT2D eigenvalue weighted by Gasteiger charge is 2.49. The van der Waals surface area contributed by atoms with Gasteiger partial charge in [-0.1, -0.05) is 155 Å². The molecule has 62 heavy (non-hydrogen) atoms. The maximum Gasteiger partial charge on any atom is 0.113 e. The summed E-state index contributed by atoms with van der Waals surface area (Å²) in [6.07, 6.45) is 0. The number of anilines is 3. The van der Waals surface area contributed by atoms with Crippen molar-refractivity contribution in [3.8, 4) is 22.3 Å². The number of benzene rings is 9. The van der Waals surface area contributed by atoms with Gasteiger partial charge in [-0.05, 0) is 86.1 Å². The lowest BCUT2D eigenvalue weighted by molar-refractivity contribution is 0.792. The van der Waals surface area contributed by atoms with Crippen LogP contribution in [-0.2, 0) is 5.41 Å². The zero-order chi connectivity index (χ0) is 42.4. The predicted octanol–water partition coefficient (Wildman–Crippen LogP) is 6.26. The van der Waals surface area contributed by atoms with Gasteiger partial charge in [0.1, 0.15) is 54.9 Å². The molecule has 0 saturated carbocycles. The first-order valence-corrected chi connectivity index (χ1v) is 21.2. The molecule has 14 radical (unpaired) electrons. The summed E-state index contributed by atoms with van der Waals surface area (Å²) in [6, 6.07) is 59.7. The third kappa shape index (κ3) is 5.44. The lowest BCUT2D eigenvalue weighted by atomic mass is 9.54. The van der Waals surface area contributed by atoms with E-state index in [0.717, 1.165) is 76.2 Å². The molecule has 1 heterocycles. The molecular formula is C53H28B7NS. The van der Waals surface area contributed by atoms with Gasteiger partial charge in [-0.2, -0.15) is 0 Å². The quantitative estimate of drug-likeness (QED) is 0.180. The molecule has 1 atom stereocenters. The number of rotatable bonds is 6. The average Bonchev–Trinajstić information content (AvgIpc) is 3.84. The lowest BCUT2D eigenvalue weighted by Crippen LogP contribution is -2.54. The van der Waals surface area contributed by atoms with E-state index in [-0.39, 0.29) is 38.2 Å². The first-order valence-electron chi connectivity index (χ1n) is 20.4. The molecule has 9 aromatic carbocycles. The standard InChI is InChI=1S/C53H28B7NS/c54-45-42-43(47(56)51(60)50(45)59)46(55)49(58)48(57)44(42)53(39-23-13-21-35-34-20-9-12-25-41(34)62-52(35)39)37-22-10-7-19-33(37)36-28-31(26-27-38(36)53)61(30-16-5-2-6-17-30)40-24-11-8-18-32(40)29-14-3-1-4-15-29/h1-28H. The SMILES string of the molecule is [B]c1c([B])c([B])c2c(C3(c4cccc5c4sc4ccccc45)c4ccccc4-c4cc(N(c5ccccc5)c5ccccc5-c5ccccc5)ccc43)c([B])c([B])c([B])c2c1[B]. The first-order chi connectivity index (χ1) is 30.2. The van der Waals surface area contributed by atoms with Crippen molar-refractivity contribution in [2.75, 3.05) is 4.90 Å². The Bertz CT molecular complexity index is 3450. The molecule has 1 aliphatic rings. The maximum atomic E-state index is 7.42. The number of nitrogens with zero attached hydrogens (tertiary/aromatic N) is 1. The molecule has 11 rings (SSSR count). The zero-order valence-electron chi connectivity index (χ0n) is 33.6. The third-order valence-electron chi connectivity index (χ3n) is 12.7. The highest BCUT2D eigenvalue weighted by molar-refractivity contribution is 7.26. The van der Waals surface area contributed by atoms with Gasteiger partial charge < -0.3 is 4.90 Å². The van der Waals surface area contributed by atoms with Crippen LogP contribution in [0.25, 0.3) is 53.2 Å². The van der Waals surface area contributed by atoms with E-state index in [1.54, 1.807) is 11.3 Å². The smallest absolute Gasteiger partial charge is 0.113 e. The second-order valence-corrected chi connectivity index (χ2v) is 16.9. The van der Waals surface area contributed by atoms with E-state index in [2.05, 4.69) is 163 Å². The van der Waals surface area contributed by atoms with Gasteiger partial charge in [0.15, 0.2) is 0 Å². The molecule has 1 aliphatic carbocycles. The van der Waals surface area contributed by atoms with E-state index in [9.17, 15) is 0 Å². The number of hydrogen-bond acceptors (Lipinski definition) is 2. The minimum atomic E-state index is -1.11. The molecule has 272 valence electrons. The van der Waals surface area contributed by atoms with Crippen molar-refractivity contribution in [3.63, 3.8) is 0 Å². The highest BCUT2D eigenvalue weighted by Crippen LogP contribution is 2.59. The van der Waals surface area contributed by atoms with Crippen molar-refractivity contribution in [2.45, 2.75) is 5.41 Å². The van der Waals surface area contributed by atoms with Gasteiger partial charge in [0.05, 0.1) is 11.1 Å². The van der Waals surface area contributed by atoms with Crippen molar-refractivity contribution in [1.29, 1.82) is 0 Å². The van der Waals surface area contributed by atoms with E-state index in [4.69, 9.17) is 54.9 Å². The summed E-state index contributed by atoms with van der Waals surface area (Å²) in [4.78, 5) is 2.32. The van der Waals surface area contributed by atoms with Crippen LogP contribution >= 0.6 is 11.3 Å². The fourth-order valence-corrected chi connectivity index (χ4v) is 11.3. The molecule has 0 saturated heterocycles. The molecule has 0 bridgehead atoms. The predicted molar refractivity (Wildman–Crippen MR) is 272 cm³/mol. The normalized spacial score (nSPS) is 14.3. The molecule has 0 aliphatic heterocycles. The van der Waals surface area contributed by atoms with Gasteiger partial charge in [-0.15, -0.1) is 27.7 Å². The van der Waals surface area contributed by atoms with Crippen LogP contribution in [0.5, 0.6) is 0 Å². The van der Waals surface area contributed by atoms with Crippen LogP contribution in [0.1, 0.15) is 22.3 Å². The summed E-state index contributed by atoms with van der Waals surface area (Å²) in [5.74, 6) is 0. The van der Waals surface area contributed by atoms with E-state index < -0.39 is 5.41 Å². The fourth-order valence-electron chi connectivity index (χ4n) is 9.99. The molecule has 1 unspecified atom stereocenters. The third-order valence-corrected chi connectivity index (χ3v) is 14.0. The monoisotopic (exact) mass is 787 g/mol. The zero-order valence-corrected chi connectivity index (χ0v) is 34.4. The summed E-state index contributed by atoms with van der Waals surface area (Å²) in [6.45, 7) is 0. The van der Waals surface area contributed by atoms with Gasteiger partial charge >= 0.3 is 0 Å². The Morgan fingerprint density at radius 3 is 1.71 bits per heavy atom. The molecule has 1 aromatic heterocycles. The van der Waals surface area contributed by atoms with E-state index in [1.165, 1.54) is 0 Å². The van der Waals surface area contributed by atoms with Crippen molar-refractivity contribution >= 4 is 153 Å². The Balaban J connectivity index is 1.30. The summed E-state index contributed by atoms with van der Waals surface area (Å²) >= 11 is 1.75. The summed E-state index contributed by atoms with van der Waals surface area (Å²) < 4.78 is 2.26. The Labute approximate surface area is 375 Å². The number of thiophene rings is 1. The van der Waals surface area contributed by atoms with E-state index in [0.29, 0.717) is 16.3 Å². The Kier molecular flexibility index (Phi) is 9.14. The number of para-hydroxylation sites is 2. The van der Waals surface area contributed by atoms with Gasteiger partial charge in [0.25, 0.3) is 0 Å². The number of fused-ring (bicyclic) bond motifs is 7. The minimum Gasteiger partial charge on any atom is -0.310 e. The van der Waals surface area contributed by atoms with Crippen molar-refractivity contribution in [2.24, 2.45) is 0 Å². The van der Waals surface area contributed by atoms with Crippen LogP contribution < -0.4 is 43.1 Å². The second kappa shape index (κ2) is 14.7. The van der Waals surface area contributed by atoms with Gasteiger partial charge in [-0.3, -0.25) is 0 Å². The molecule has 0 fully saturated rings. The molecule has 1 nitrogen and oxygen atoms in total. The Morgan fingerprint density at radius 1 is 0.387 bits per heavy atom. The molecule has 9 heteroatoms. The summed E-state index contributed by atoms with van der Waals surface area (Å²) in [5.41, 5.74) is 11.2. The van der Waals surface area contributed by atoms with Crippen molar-refractivity contribution < 1.29 is 0 Å². The van der Waals surface area contributed by atoms with Crippen LogP contribution in [0.15, 0.2) is 170 Å². The molecular weight excluding hydrogens is 758 g/mol. The Hall–Kier alpha value is -6.29. The Morgan fingerprint density at radius 2 is 0.952 bits per heavy atom. The molecule has 0 spiro atoms. The van der Waals surface area contributed by atoms with Gasteiger partial charge in [0.2, 0.25) is 0 Å². The van der Waals surface area contributed by atoms with Crippen molar-refractivity contribution in [3.05, 3.63) is 192 Å². The van der Waals surface area contributed by atoms with E-state index >= 15 is 0 Å². The summed E-state index contributed by atoms with van der Waals surface area (Å²) in [7, 11) is 48.6. The fraction of sp³-hybridized carbons (Fsp3) is 0.0189. The average molecular weight is 787 g/mol. The van der Waals surface area contributed by atoms with E-state index in [1.807, 2.05) is 12.1 Å². The molecule has 0 amide bonds. The first kappa shape index (κ1) is 38.6. The largest absolute Gasteiger partial charge is 0.310 e. The van der Waals surface area contributed by atoms with Crippen LogP contribution in [0.4, 0.5) is 17.1 Å². The van der Waals surface area contributed by atoms with Crippen LogP contribution in [-0.4, -0.2) is 54.9 Å².